The highest BCUT2D eigenvalue weighted by molar-refractivity contribution is 6.83. The van der Waals surface area contributed by atoms with Gasteiger partial charge in [-0.05, 0) is 39.5 Å². The van der Waals surface area contributed by atoms with E-state index < -0.39 is 17.4 Å². The first kappa shape index (κ1) is 22.4. The normalized spacial score (nSPS) is 14.7. The molecule has 0 unspecified atom stereocenters. The van der Waals surface area contributed by atoms with Crippen LogP contribution in [0.2, 0.25) is 28.7 Å². The minimum absolute atomic E-state index is 0.382. The highest BCUT2D eigenvalue weighted by Gasteiger charge is 2.47. The zero-order valence-electron chi connectivity index (χ0n) is 17.6. The van der Waals surface area contributed by atoms with Gasteiger partial charge in [0.2, 0.25) is 0 Å². The van der Waals surface area contributed by atoms with Crippen LogP contribution in [0.25, 0.3) is 0 Å². The molecular formula is C19H44OSi2. The fourth-order valence-corrected chi connectivity index (χ4v) is 17.3. The molecule has 134 valence electrons. The summed E-state index contributed by atoms with van der Waals surface area (Å²) >= 11 is 0. The van der Waals surface area contributed by atoms with Crippen molar-refractivity contribution < 1.29 is 4.12 Å². The lowest BCUT2D eigenvalue weighted by molar-refractivity contribution is 0.387. The molecule has 0 aromatic heterocycles. The Morgan fingerprint density at radius 1 is 0.682 bits per heavy atom. The lowest BCUT2D eigenvalue weighted by Gasteiger charge is -2.46. The second-order valence-corrected chi connectivity index (χ2v) is 18.8. The Hall–Kier alpha value is 0.394. The van der Waals surface area contributed by atoms with Crippen LogP contribution in [0.1, 0.15) is 83.1 Å². The average molecular weight is 345 g/mol. The molecule has 0 aliphatic heterocycles. The molecule has 0 aromatic carbocycles. The summed E-state index contributed by atoms with van der Waals surface area (Å²) in [7, 11) is -2.94. The van der Waals surface area contributed by atoms with Crippen molar-refractivity contribution in [1.29, 1.82) is 0 Å². The maximum absolute atomic E-state index is 7.25. The quantitative estimate of drug-likeness (QED) is 0.452. The van der Waals surface area contributed by atoms with Gasteiger partial charge < -0.3 is 4.12 Å². The van der Waals surface area contributed by atoms with Gasteiger partial charge in [0.05, 0.1) is 0 Å². The van der Waals surface area contributed by atoms with E-state index in [0.29, 0.717) is 27.5 Å². The standard InChI is InChI=1S/C19H44OSi2/c1-15(2)22(16(3)4,17(5)6)20-21(13-18(7,8)9)14-19(10,11)12/h15-17,21H,13-14H2,1-12H3. The molecule has 3 heteroatoms. The molecule has 0 bridgehead atoms. The van der Waals surface area contributed by atoms with Crippen molar-refractivity contribution in [2.24, 2.45) is 10.8 Å². The average Bonchev–Trinajstić information content (AvgIpc) is 2.18. The van der Waals surface area contributed by atoms with Crippen LogP contribution in [0.5, 0.6) is 0 Å². The van der Waals surface area contributed by atoms with Crippen LogP contribution in [0.15, 0.2) is 0 Å². The maximum Gasteiger partial charge on any atom is 0.187 e. The van der Waals surface area contributed by atoms with E-state index in [9.17, 15) is 0 Å². The summed E-state index contributed by atoms with van der Waals surface area (Å²) < 4.78 is 7.25. The summed E-state index contributed by atoms with van der Waals surface area (Å²) in [6.45, 7) is 28.7. The fourth-order valence-electron chi connectivity index (χ4n) is 4.22. The van der Waals surface area contributed by atoms with E-state index in [2.05, 4.69) is 83.1 Å². The Balaban J connectivity index is 5.53. The molecule has 0 N–H and O–H groups in total. The third-order valence-corrected chi connectivity index (χ3v) is 16.5. The Bertz CT molecular complexity index is 284. The van der Waals surface area contributed by atoms with Gasteiger partial charge in [0.1, 0.15) is 0 Å². The smallest absolute Gasteiger partial charge is 0.187 e. The van der Waals surface area contributed by atoms with Crippen molar-refractivity contribution >= 4 is 17.4 Å². The monoisotopic (exact) mass is 344 g/mol. The molecule has 0 spiro atoms. The third kappa shape index (κ3) is 6.88. The Kier molecular flexibility index (Phi) is 8.12. The van der Waals surface area contributed by atoms with E-state index in [1.807, 2.05) is 0 Å². The van der Waals surface area contributed by atoms with Crippen molar-refractivity contribution in [3.8, 4) is 0 Å². The van der Waals surface area contributed by atoms with Crippen LogP contribution < -0.4 is 0 Å². The maximum atomic E-state index is 7.25. The van der Waals surface area contributed by atoms with Crippen LogP contribution in [-0.2, 0) is 4.12 Å². The summed E-state index contributed by atoms with van der Waals surface area (Å²) in [4.78, 5) is 0. The molecule has 0 amide bonds. The van der Waals surface area contributed by atoms with Crippen molar-refractivity contribution in [3.63, 3.8) is 0 Å². The van der Waals surface area contributed by atoms with Crippen LogP contribution in [-0.4, -0.2) is 17.4 Å². The molecule has 0 fully saturated rings. The first-order chi connectivity index (χ1) is 9.62. The molecule has 0 radical (unpaired) electrons. The van der Waals surface area contributed by atoms with Gasteiger partial charge in [0, 0.05) is 0 Å². The van der Waals surface area contributed by atoms with E-state index in [1.54, 1.807) is 0 Å². The molecule has 0 rings (SSSR count). The Labute approximate surface area is 144 Å². The van der Waals surface area contributed by atoms with E-state index in [-0.39, 0.29) is 0 Å². The lowest BCUT2D eigenvalue weighted by atomic mass is 10.00. The van der Waals surface area contributed by atoms with Gasteiger partial charge in [-0.15, -0.1) is 0 Å². The summed E-state index contributed by atoms with van der Waals surface area (Å²) in [5, 5.41) is 0. The van der Waals surface area contributed by atoms with Gasteiger partial charge in [0.15, 0.2) is 17.4 Å². The second kappa shape index (κ2) is 7.98. The summed E-state index contributed by atoms with van der Waals surface area (Å²) in [6.07, 6.45) is 0. The zero-order chi connectivity index (χ0) is 17.9. The van der Waals surface area contributed by atoms with Crippen LogP contribution in [0, 0.1) is 10.8 Å². The van der Waals surface area contributed by atoms with Gasteiger partial charge in [0.25, 0.3) is 0 Å². The minimum atomic E-state index is -1.73. The first-order valence-electron chi connectivity index (χ1n) is 9.29. The second-order valence-electron chi connectivity index (χ2n) is 10.6. The molecule has 0 atom stereocenters. The SMILES string of the molecule is CC(C)[Si](O[SiH](CC(C)(C)C)CC(C)(C)C)(C(C)C)C(C)C. The number of hydrogen-bond acceptors (Lipinski definition) is 1. The summed E-state index contributed by atoms with van der Waals surface area (Å²) in [6, 6.07) is 2.59. The molecule has 0 aliphatic carbocycles. The van der Waals surface area contributed by atoms with E-state index in [4.69, 9.17) is 4.12 Å². The fraction of sp³-hybridized carbons (Fsp3) is 1.00. The van der Waals surface area contributed by atoms with E-state index in [0.717, 1.165) is 0 Å². The van der Waals surface area contributed by atoms with Gasteiger partial charge in [-0.3, -0.25) is 0 Å². The van der Waals surface area contributed by atoms with E-state index >= 15 is 0 Å². The molecule has 0 heterocycles. The van der Waals surface area contributed by atoms with Crippen molar-refractivity contribution in [2.45, 2.75) is 112 Å². The van der Waals surface area contributed by atoms with Crippen molar-refractivity contribution in [3.05, 3.63) is 0 Å². The summed E-state index contributed by atoms with van der Waals surface area (Å²) in [5.74, 6) is 0. The van der Waals surface area contributed by atoms with E-state index in [1.165, 1.54) is 12.1 Å². The van der Waals surface area contributed by atoms with Crippen LogP contribution in [0.3, 0.4) is 0 Å². The van der Waals surface area contributed by atoms with Gasteiger partial charge in [-0.1, -0.05) is 83.1 Å². The van der Waals surface area contributed by atoms with Crippen molar-refractivity contribution in [2.75, 3.05) is 0 Å². The predicted molar refractivity (Wildman–Crippen MR) is 108 cm³/mol. The molecule has 0 saturated heterocycles. The van der Waals surface area contributed by atoms with Crippen molar-refractivity contribution in [1.82, 2.24) is 0 Å². The molecular weight excluding hydrogens is 300 g/mol. The number of hydrogen-bond donors (Lipinski definition) is 0. The first-order valence-corrected chi connectivity index (χ1v) is 13.5. The van der Waals surface area contributed by atoms with Gasteiger partial charge in [-0.2, -0.15) is 0 Å². The molecule has 0 saturated carbocycles. The largest absolute Gasteiger partial charge is 0.457 e. The molecule has 0 aliphatic rings. The molecule has 22 heavy (non-hydrogen) atoms. The Morgan fingerprint density at radius 3 is 1.14 bits per heavy atom. The van der Waals surface area contributed by atoms with Gasteiger partial charge in [-0.25, -0.2) is 0 Å². The third-order valence-electron chi connectivity index (χ3n) is 4.76. The van der Waals surface area contributed by atoms with Gasteiger partial charge >= 0.3 is 0 Å². The minimum Gasteiger partial charge on any atom is -0.457 e. The van der Waals surface area contributed by atoms with Crippen LogP contribution in [0.4, 0.5) is 0 Å². The zero-order valence-corrected chi connectivity index (χ0v) is 19.8. The molecule has 0 aromatic rings. The Morgan fingerprint density at radius 2 is 0.955 bits per heavy atom. The lowest BCUT2D eigenvalue weighted by Crippen LogP contribution is -2.52. The highest BCUT2D eigenvalue weighted by atomic mass is 28.4. The highest BCUT2D eigenvalue weighted by Crippen LogP contribution is 2.44. The summed E-state index contributed by atoms with van der Waals surface area (Å²) in [5.41, 5.74) is 2.85. The van der Waals surface area contributed by atoms with Crippen LogP contribution >= 0.6 is 0 Å². The predicted octanol–water partition coefficient (Wildman–Crippen LogP) is 6.99. The topological polar surface area (TPSA) is 9.23 Å². The number of rotatable bonds is 7. The molecule has 1 nitrogen and oxygen atoms in total.